The standard InChI is InChI=1S/C26H29N3O6/c1-26(2,3)35-25(34)28-16-23(32)27-15-21(22(31)17-30)29-24(33)20-13-11-19(12-14-20)10-9-18-7-5-4-6-8-18/h4-8,11-14,21,30H,15-17H2,1-3H3,(H,27,32)(H,28,34)(H,29,33)/t21-/m0/s1. The monoisotopic (exact) mass is 479 g/mol. The Hall–Kier alpha value is -4.16. The number of carbonyl (C=O) groups is 4. The Kier molecular flexibility index (Phi) is 9.99. The summed E-state index contributed by atoms with van der Waals surface area (Å²) in [6, 6.07) is 14.8. The second-order valence-corrected chi connectivity index (χ2v) is 8.50. The van der Waals surface area contributed by atoms with E-state index in [0.717, 1.165) is 5.56 Å². The van der Waals surface area contributed by atoms with Crippen LogP contribution in [0.15, 0.2) is 54.6 Å². The SMILES string of the molecule is CC(C)(C)OC(=O)NCC(=O)NC[C@H](NC(=O)c1ccc(C#Cc2ccccc2)cc1)C(=O)CO. The van der Waals surface area contributed by atoms with Gasteiger partial charge in [-0.25, -0.2) is 4.79 Å². The number of aliphatic hydroxyl groups is 1. The molecular weight excluding hydrogens is 450 g/mol. The Balaban J connectivity index is 1.91. The molecule has 0 bridgehead atoms. The van der Waals surface area contributed by atoms with E-state index < -0.39 is 41.9 Å². The fraction of sp³-hybridized carbons (Fsp3) is 0.308. The van der Waals surface area contributed by atoms with E-state index in [1.807, 2.05) is 30.3 Å². The molecule has 2 aromatic carbocycles. The molecule has 0 saturated carbocycles. The van der Waals surface area contributed by atoms with Gasteiger partial charge in [-0.15, -0.1) is 0 Å². The van der Waals surface area contributed by atoms with Gasteiger partial charge in [0.1, 0.15) is 18.2 Å². The van der Waals surface area contributed by atoms with Crippen LogP contribution < -0.4 is 16.0 Å². The quantitative estimate of drug-likeness (QED) is 0.423. The molecule has 0 fully saturated rings. The highest BCUT2D eigenvalue weighted by molar-refractivity contribution is 5.98. The first-order valence-electron chi connectivity index (χ1n) is 10.9. The van der Waals surface area contributed by atoms with Gasteiger partial charge in [0, 0.05) is 23.2 Å². The highest BCUT2D eigenvalue weighted by Crippen LogP contribution is 2.06. The molecule has 2 aromatic rings. The summed E-state index contributed by atoms with van der Waals surface area (Å²) in [7, 11) is 0. The number of alkyl carbamates (subject to hydrolysis) is 1. The van der Waals surface area contributed by atoms with Gasteiger partial charge < -0.3 is 25.8 Å². The van der Waals surface area contributed by atoms with Crippen LogP contribution in [-0.2, 0) is 14.3 Å². The summed E-state index contributed by atoms with van der Waals surface area (Å²) >= 11 is 0. The molecule has 35 heavy (non-hydrogen) atoms. The lowest BCUT2D eigenvalue weighted by molar-refractivity contribution is -0.124. The van der Waals surface area contributed by atoms with Gasteiger partial charge in [-0.05, 0) is 57.2 Å². The summed E-state index contributed by atoms with van der Waals surface area (Å²) in [5, 5.41) is 16.5. The maximum Gasteiger partial charge on any atom is 0.408 e. The van der Waals surface area contributed by atoms with Crippen LogP contribution in [0.1, 0.15) is 42.3 Å². The third kappa shape index (κ3) is 10.1. The average molecular weight is 480 g/mol. The van der Waals surface area contributed by atoms with Crippen molar-refractivity contribution in [3.05, 3.63) is 71.3 Å². The summed E-state index contributed by atoms with van der Waals surface area (Å²) in [5.74, 6) is 4.20. The van der Waals surface area contributed by atoms with Crippen LogP contribution in [-0.4, -0.2) is 60.1 Å². The van der Waals surface area contributed by atoms with E-state index in [-0.39, 0.29) is 18.7 Å². The highest BCUT2D eigenvalue weighted by atomic mass is 16.6. The minimum absolute atomic E-state index is 0.263. The zero-order chi connectivity index (χ0) is 25.8. The Morgan fingerprint density at radius 3 is 2.09 bits per heavy atom. The Bertz CT molecular complexity index is 1100. The first-order chi connectivity index (χ1) is 16.6. The summed E-state index contributed by atoms with van der Waals surface area (Å²) in [4.78, 5) is 48.3. The van der Waals surface area contributed by atoms with Crippen molar-refractivity contribution in [1.29, 1.82) is 0 Å². The molecule has 0 aliphatic rings. The van der Waals surface area contributed by atoms with Gasteiger partial charge in [0.15, 0.2) is 5.78 Å². The molecule has 0 aliphatic heterocycles. The highest BCUT2D eigenvalue weighted by Gasteiger charge is 2.22. The number of benzene rings is 2. The second-order valence-electron chi connectivity index (χ2n) is 8.50. The van der Waals surface area contributed by atoms with Crippen molar-refractivity contribution in [1.82, 2.24) is 16.0 Å². The molecule has 184 valence electrons. The van der Waals surface area contributed by atoms with Crippen LogP contribution in [0.3, 0.4) is 0 Å². The van der Waals surface area contributed by atoms with Gasteiger partial charge in [0.25, 0.3) is 5.91 Å². The summed E-state index contributed by atoms with van der Waals surface area (Å²) in [6.45, 7) is 3.60. The van der Waals surface area contributed by atoms with Crippen molar-refractivity contribution in [3.63, 3.8) is 0 Å². The largest absolute Gasteiger partial charge is 0.444 e. The fourth-order valence-corrected chi connectivity index (χ4v) is 2.71. The van der Waals surface area contributed by atoms with Crippen molar-refractivity contribution in [3.8, 4) is 11.8 Å². The van der Waals surface area contributed by atoms with Crippen molar-refractivity contribution >= 4 is 23.7 Å². The summed E-state index contributed by atoms with van der Waals surface area (Å²) in [5.41, 5.74) is 1.14. The number of rotatable bonds is 8. The number of ketones is 1. The van der Waals surface area contributed by atoms with Gasteiger partial charge >= 0.3 is 6.09 Å². The van der Waals surface area contributed by atoms with E-state index in [2.05, 4.69) is 27.8 Å². The zero-order valence-electron chi connectivity index (χ0n) is 19.9. The minimum Gasteiger partial charge on any atom is -0.444 e. The molecule has 4 N–H and O–H groups in total. The number of amides is 3. The van der Waals surface area contributed by atoms with E-state index in [1.54, 1.807) is 45.0 Å². The molecule has 0 heterocycles. The Labute approximate surface area is 204 Å². The van der Waals surface area contributed by atoms with Gasteiger partial charge in [0.2, 0.25) is 5.91 Å². The first-order valence-corrected chi connectivity index (χ1v) is 10.9. The van der Waals surface area contributed by atoms with Crippen LogP contribution in [0.2, 0.25) is 0 Å². The van der Waals surface area contributed by atoms with Crippen molar-refractivity contribution in [2.24, 2.45) is 0 Å². The molecule has 0 spiro atoms. The van der Waals surface area contributed by atoms with Gasteiger partial charge in [-0.1, -0.05) is 30.0 Å². The molecule has 0 aromatic heterocycles. The number of carbonyl (C=O) groups excluding carboxylic acids is 4. The average Bonchev–Trinajstić information content (AvgIpc) is 2.83. The van der Waals surface area contributed by atoms with Gasteiger partial charge in [-0.2, -0.15) is 0 Å². The van der Waals surface area contributed by atoms with Crippen LogP contribution in [0.4, 0.5) is 4.79 Å². The smallest absolute Gasteiger partial charge is 0.408 e. The van der Waals surface area contributed by atoms with Gasteiger partial charge in [0.05, 0.1) is 6.54 Å². The maximum absolute atomic E-state index is 12.6. The number of Topliss-reactive ketones (excluding diaryl/α,β-unsaturated/α-hetero) is 1. The number of nitrogens with one attached hydrogen (secondary N) is 3. The molecule has 2 rings (SSSR count). The van der Waals surface area contributed by atoms with E-state index in [9.17, 15) is 24.3 Å². The molecule has 0 radical (unpaired) electrons. The Morgan fingerprint density at radius 1 is 0.914 bits per heavy atom. The maximum atomic E-state index is 12.6. The fourth-order valence-electron chi connectivity index (χ4n) is 2.71. The van der Waals surface area contributed by atoms with Crippen LogP contribution >= 0.6 is 0 Å². The minimum atomic E-state index is -1.16. The van der Waals surface area contributed by atoms with Crippen LogP contribution in [0.25, 0.3) is 0 Å². The van der Waals surface area contributed by atoms with E-state index >= 15 is 0 Å². The normalized spacial score (nSPS) is 11.3. The van der Waals surface area contributed by atoms with Crippen molar-refractivity contribution in [2.45, 2.75) is 32.4 Å². The molecule has 9 heteroatoms. The van der Waals surface area contributed by atoms with Crippen LogP contribution in [0, 0.1) is 11.8 Å². The predicted molar refractivity (Wildman–Crippen MR) is 129 cm³/mol. The lowest BCUT2D eigenvalue weighted by atomic mass is 10.1. The number of hydrogen-bond donors (Lipinski definition) is 4. The molecule has 1 atom stereocenters. The molecule has 0 saturated heterocycles. The topological polar surface area (TPSA) is 134 Å². The van der Waals surface area contributed by atoms with Crippen molar-refractivity contribution in [2.75, 3.05) is 19.7 Å². The molecule has 3 amide bonds. The van der Waals surface area contributed by atoms with E-state index in [0.29, 0.717) is 5.56 Å². The third-order valence-electron chi connectivity index (χ3n) is 4.42. The number of aliphatic hydroxyl groups excluding tert-OH is 1. The second kappa shape index (κ2) is 12.9. The lowest BCUT2D eigenvalue weighted by Gasteiger charge is -2.20. The lowest BCUT2D eigenvalue weighted by Crippen LogP contribution is -2.50. The van der Waals surface area contributed by atoms with Crippen LogP contribution in [0.5, 0.6) is 0 Å². The predicted octanol–water partition coefficient (Wildman–Crippen LogP) is 1.39. The third-order valence-corrected chi connectivity index (χ3v) is 4.42. The van der Waals surface area contributed by atoms with Gasteiger partial charge in [-0.3, -0.25) is 14.4 Å². The molecule has 9 nitrogen and oxygen atoms in total. The van der Waals surface area contributed by atoms with E-state index in [4.69, 9.17) is 4.74 Å². The summed E-state index contributed by atoms with van der Waals surface area (Å²) in [6.07, 6.45) is -0.763. The molecular formula is C26H29N3O6. The molecule has 0 aliphatic carbocycles. The number of hydrogen-bond acceptors (Lipinski definition) is 6. The zero-order valence-corrected chi connectivity index (χ0v) is 19.9. The Morgan fingerprint density at radius 2 is 1.51 bits per heavy atom. The van der Waals surface area contributed by atoms with Crippen molar-refractivity contribution < 1.29 is 29.0 Å². The molecule has 0 unspecified atom stereocenters. The van der Waals surface area contributed by atoms with E-state index in [1.165, 1.54) is 0 Å². The first kappa shape index (κ1) is 27.1. The summed E-state index contributed by atoms with van der Waals surface area (Å²) < 4.78 is 5.03. The number of ether oxygens (including phenoxy) is 1.